The molecule has 2 aromatic carbocycles. The summed E-state index contributed by atoms with van der Waals surface area (Å²) < 4.78 is 5.19. The number of carboxylic acids is 1. The lowest BCUT2D eigenvalue weighted by Crippen LogP contribution is -2.09. The molecule has 0 aliphatic rings. The number of hydrogen-bond acceptors (Lipinski definition) is 5. The number of aliphatic carboxylic acids is 1. The van der Waals surface area contributed by atoms with Gasteiger partial charge in [-0.05, 0) is 17.2 Å². The molecule has 0 bridgehead atoms. The van der Waals surface area contributed by atoms with Crippen LogP contribution in [-0.4, -0.2) is 22.2 Å². The molecule has 0 radical (unpaired) electrons. The molecule has 124 valence electrons. The van der Waals surface area contributed by atoms with E-state index in [2.05, 4.69) is 0 Å². The van der Waals surface area contributed by atoms with Crippen LogP contribution in [0.4, 0.5) is 0 Å². The predicted octanol–water partition coefficient (Wildman–Crippen LogP) is 3.68. The van der Waals surface area contributed by atoms with Crippen LogP contribution in [0.5, 0.6) is 5.75 Å². The Hall–Kier alpha value is -2.60. The third kappa shape index (κ3) is 4.45. The van der Waals surface area contributed by atoms with Gasteiger partial charge in [-0.25, -0.2) is 0 Å². The Balaban J connectivity index is 2.34. The minimum Gasteiger partial charge on any atom is -0.480 e. The molecule has 1 unspecified atom stereocenters. The highest BCUT2D eigenvalue weighted by atomic mass is 32.2. The van der Waals surface area contributed by atoms with Gasteiger partial charge in [0.2, 0.25) is 0 Å². The maximum atomic E-state index is 11.3. The number of para-hydroxylation sites is 1. The number of hydrogen-bond donors (Lipinski definition) is 1. The SMILES string of the molecule is CC(=O)Oc1ccccc1-c1ccc(C(SC(C)=O)C(=O)O)cc1. The monoisotopic (exact) mass is 344 g/mol. The average Bonchev–Trinajstić information content (AvgIpc) is 2.52. The normalized spacial score (nSPS) is 11.6. The van der Waals surface area contributed by atoms with Crippen LogP contribution in [0.3, 0.4) is 0 Å². The van der Waals surface area contributed by atoms with E-state index in [1.807, 2.05) is 12.1 Å². The molecule has 1 N–H and O–H groups in total. The van der Waals surface area contributed by atoms with Crippen molar-refractivity contribution in [3.63, 3.8) is 0 Å². The van der Waals surface area contributed by atoms with E-state index in [4.69, 9.17) is 4.74 Å². The lowest BCUT2D eigenvalue weighted by atomic mass is 10.0. The van der Waals surface area contributed by atoms with E-state index in [-0.39, 0.29) is 5.12 Å². The second-order valence-electron chi connectivity index (χ2n) is 5.04. The average molecular weight is 344 g/mol. The van der Waals surface area contributed by atoms with Crippen molar-refractivity contribution in [1.82, 2.24) is 0 Å². The summed E-state index contributed by atoms with van der Waals surface area (Å²) in [7, 11) is 0. The first-order chi connectivity index (χ1) is 11.4. The molecule has 24 heavy (non-hydrogen) atoms. The Labute approximate surface area is 143 Å². The maximum absolute atomic E-state index is 11.3. The first-order valence-electron chi connectivity index (χ1n) is 7.16. The minimum absolute atomic E-state index is 0.258. The van der Waals surface area contributed by atoms with E-state index in [0.29, 0.717) is 11.3 Å². The van der Waals surface area contributed by atoms with Gasteiger partial charge in [-0.3, -0.25) is 14.4 Å². The van der Waals surface area contributed by atoms with Gasteiger partial charge in [0.25, 0.3) is 0 Å². The number of benzene rings is 2. The van der Waals surface area contributed by atoms with E-state index in [1.54, 1.807) is 36.4 Å². The summed E-state index contributed by atoms with van der Waals surface area (Å²) in [5.41, 5.74) is 2.04. The van der Waals surface area contributed by atoms with Crippen molar-refractivity contribution < 1.29 is 24.2 Å². The molecule has 0 aliphatic heterocycles. The van der Waals surface area contributed by atoms with Crippen molar-refractivity contribution in [2.75, 3.05) is 0 Å². The summed E-state index contributed by atoms with van der Waals surface area (Å²) >= 11 is 0.766. The van der Waals surface area contributed by atoms with Crippen LogP contribution in [-0.2, 0) is 14.4 Å². The molecule has 0 spiro atoms. The Kier molecular flexibility index (Phi) is 5.76. The van der Waals surface area contributed by atoms with Crippen molar-refractivity contribution in [3.05, 3.63) is 54.1 Å². The first kappa shape index (κ1) is 17.7. The molecule has 0 saturated heterocycles. The van der Waals surface area contributed by atoms with Crippen LogP contribution >= 0.6 is 11.8 Å². The van der Waals surface area contributed by atoms with Crippen molar-refractivity contribution in [3.8, 4) is 16.9 Å². The standard InChI is InChI=1S/C18H16O5S/c1-11(19)23-16-6-4-3-5-15(16)13-7-9-14(10-8-13)17(18(21)22)24-12(2)20/h3-10,17H,1-2H3,(H,21,22). The first-order valence-corrected chi connectivity index (χ1v) is 8.04. The fourth-order valence-corrected chi connectivity index (χ4v) is 2.94. The van der Waals surface area contributed by atoms with Gasteiger partial charge in [-0.15, -0.1) is 0 Å². The molecular weight excluding hydrogens is 328 g/mol. The summed E-state index contributed by atoms with van der Waals surface area (Å²) in [6.45, 7) is 2.67. The van der Waals surface area contributed by atoms with Gasteiger partial charge in [0.05, 0.1) is 0 Å². The maximum Gasteiger partial charge on any atom is 0.321 e. The van der Waals surface area contributed by atoms with E-state index in [9.17, 15) is 19.5 Å². The fraction of sp³-hybridized carbons (Fsp3) is 0.167. The van der Waals surface area contributed by atoms with Gasteiger partial charge in [0.15, 0.2) is 5.12 Å². The zero-order valence-corrected chi connectivity index (χ0v) is 14.0. The highest BCUT2D eigenvalue weighted by molar-refractivity contribution is 8.14. The van der Waals surface area contributed by atoms with Crippen molar-refractivity contribution in [2.45, 2.75) is 19.1 Å². The summed E-state index contributed by atoms with van der Waals surface area (Å²) in [6, 6.07) is 13.9. The zero-order valence-electron chi connectivity index (χ0n) is 13.2. The van der Waals surface area contributed by atoms with Crippen LogP contribution in [0.25, 0.3) is 11.1 Å². The number of carbonyl (C=O) groups is 3. The number of thioether (sulfide) groups is 1. The number of ether oxygens (including phenoxy) is 1. The number of carbonyl (C=O) groups excluding carboxylic acids is 2. The van der Waals surface area contributed by atoms with Crippen molar-refractivity contribution in [1.29, 1.82) is 0 Å². The molecule has 1 atom stereocenters. The third-order valence-corrected chi connectivity index (χ3v) is 4.21. The van der Waals surface area contributed by atoms with Crippen LogP contribution in [0, 0.1) is 0 Å². The number of esters is 1. The molecule has 0 aliphatic carbocycles. The quantitative estimate of drug-likeness (QED) is 0.658. The Morgan fingerprint density at radius 1 is 1.00 bits per heavy atom. The van der Waals surface area contributed by atoms with Gasteiger partial charge in [0, 0.05) is 19.4 Å². The summed E-state index contributed by atoms with van der Waals surface area (Å²) in [5.74, 6) is -1.04. The van der Waals surface area contributed by atoms with Crippen LogP contribution in [0.1, 0.15) is 24.7 Å². The third-order valence-electron chi connectivity index (χ3n) is 3.17. The lowest BCUT2D eigenvalue weighted by molar-refractivity contribution is -0.136. The van der Waals surface area contributed by atoms with Crippen molar-refractivity contribution in [2.24, 2.45) is 0 Å². The second-order valence-corrected chi connectivity index (χ2v) is 6.32. The van der Waals surface area contributed by atoms with Gasteiger partial charge in [-0.2, -0.15) is 0 Å². The van der Waals surface area contributed by atoms with Gasteiger partial charge in [-0.1, -0.05) is 54.2 Å². The van der Waals surface area contributed by atoms with Crippen LogP contribution in [0.2, 0.25) is 0 Å². The van der Waals surface area contributed by atoms with E-state index < -0.39 is 17.2 Å². The van der Waals surface area contributed by atoms with Gasteiger partial charge in [0.1, 0.15) is 11.0 Å². The number of rotatable bonds is 5. The van der Waals surface area contributed by atoms with E-state index in [0.717, 1.165) is 22.9 Å². The van der Waals surface area contributed by atoms with E-state index in [1.165, 1.54) is 13.8 Å². The molecule has 0 aromatic heterocycles. The largest absolute Gasteiger partial charge is 0.480 e. The Morgan fingerprint density at radius 3 is 2.17 bits per heavy atom. The lowest BCUT2D eigenvalue weighted by Gasteiger charge is -2.12. The molecule has 0 heterocycles. The molecule has 0 saturated carbocycles. The predicted molar refractivity (Wildman–Crippen MR) is 91.8 cm³/mol. The van der Waals surface area contributed by atoms with Crippen molar-refractivity contribution >= 4 is 28.8 Å². The number of carboxylic acid groups (broad SMARTS) is 1. The highest BCUT2D eigenvalue weighted by Crippen LogP contribution is 2.34. The molecule has 2 rings (SSSR count). The molecular formula is C18H16O5S. The van der Waals surface area contributed by atoms with Crippen LogP contribution in [0.15, 0.2) is 48.5 Å². The van der Waals surface area contributed by atoms with Crippen LogP contribution < -0.4 is 4.74 Å². The molecule has 0 fully saturated rings. The van der Waals surface area contributed by atoms with Gasteiger partial charge < -0.3 is 9.84 Å². The molecule has 0 amide bonds. The smallest absolute Gasteiger partial charge is 0.321 e. The summed E-state index contributed by atoms with van der Waals surface area (Å²) in [6.07, 6.45) is 0. The molecule has 5 nitrogen and oxygen atoms in total. The minimum atomic E-state index is -1.07. The zero-order chi connectivity index (χ0) is 17.7. The molecule has 6 heteroatoms. The summed E-state index contributed by atoms with van der Waals surface area (Å²) in [5, 5.41) is 8.07. The molecule has 2 aromatic rings. The topological polar surface area (TPSA) is 80.7 Å². The second kappa shape index (κ2) is 7.79. The van der Waals surface area contributed by atoms with E-state index >= 15 is 0 Å². The highest BCUT2D eigenvalue weighted by Gasteiger charge is 2.22. The summed E-state index contributed by atoms with van der Waals surface area (Å²) in [4.78, 5) is 33.7. The Morgan fingerprint density at radius 2 is 1.62 bits per heavy atom. The fourth-order valence-electron chi connectivity index (χ4n) is 2.21. The van der Waals surface area contributed by atoms with Gasteiger partial charge >= 0.3 is 11.9 Å². The Bertz CT molecular complexity index is 767.